The van der Waals surface area contributed by atoms with E-state index in [9.17, 15) is 4.79 Å². The summed E-state index contributed by atoms with van der Waals surface area (Å²) in [6.07, 6.45) is 2.61. The maximum absolute atomic E-state index is 12.5. The molecule has 0 atom stereocenters. The highest BCUT2D eigenvalue weighted by atomic mass is 16.1. The van der Waals surface area contributed by atoms with Gasteiger partial charge in [0.05, 0.1) is 0 Å². The van der Waals surface area contributed by atoms with Crippen LogP contribution in [0.3, 0.4) is 0 Å². The Labute approximate surface area is 143 Å². The lowest BCUT2D eigenvalue weighted by molar-refractivity contribution is -0.111. The van der Waals surface area contributed by atoms with Crippen molar-refractivity contribution in [1.29, 1.82) is 0 Å². The third kappa shape index (κ3) is 3.51. The number of hydrogen-bond donors (Lipinski definition) is 2. The summed E-state index contributed by atoms with van der Waals surface area (Å²) in [6.45, 7) is 8.36. The first-order chi connectivity index (χ1) is 11.3. The molecule has 0 unspecified atom stereocenters. The summed E-state index contributed by atoms with van der Waals surface area (Å²) >= 11 is 0. The number of aryl methyl sites for hydroxylation is 2. The average molecular weight is 320 g/mol. The molecule has 3 nitrogen and oxygen atoms in total. The van der Waals surface area contributed by atoms with Gasteiger partial charge >= 0.3 is 0 Å². The Morgan fingerprint density at radius 2 is 1.92 bits per heavy atom. The molecule has 0 bridgehead atoms. The lowest BCUT2D eigenvalue weighted by atomic mass is 9.86. The molecule has 0 aliphatic carbocycles. The molecule has 2 N–H and O–H groups in total. The highest BCUT2D eigenvalue weighted by Crippen LogP contribution is 2.29. The lowest BCUT2D eigenvalue weighted by Gasteiger charge is -2.35. The van der Waals surface area contributed by atoms with Crippen molar-refractivity contribution in [3.8, 4) is 0 Å². The minimum Gasteiger partial charge on any atom is -0.379 e. The first-order valence-corrected chi connectivity index (χ1v) is 8.30. The summed E-state index contributed by atoms with van der Waals surface area (Å²) in [5, 5.41) is 6.48. The van der Waals surface area contributed by atoms with Gasteiger partial charge in [-0.25, -0.2) is 0 Å². The number of benzene rings is 2. The fourth-order valence-electron chi connectivity index (χ4n) is 3.26. The van der Waals surface area contributed by atoms with Crippen LogP contribution in [0.2, 0.25) is 0 Å². The minimum absolute atomic E-state index is 0.0692. The number of rotatable bonds is 2. The molecule has 0 fully saturated rings. The van der Waals surface area contributed by atoms with E-state index in [0.717, 1.165) is 28.9 Å². The molecule has 0 aromatic heterocycles. The topological polar surface area (TPSA) is 41.1 Å². The van der Waals surface area contributed by atoms with Gasteiger partial charge in [0.25, 0.3) is 0 Å². The van der Waals surface area contributed by atoms with Crippen molar-refractivity contribution in [1.82, 2.24) is 5.32 Å². The Hall–Kier alpha value is -2.55. The van der Waals surface area contributed by atoms with Crippen molar-refractivity contribution >= 4 is 17.3 Å². The van der Waals surface area contributed by atoms with Crippen LogP contribution >= 0.6 is 0 Å². The summed E-state index contributed by atoms with van der Waals surface area (Å²) in [6, 6.07) is 14.3. The van der Waals surface area contributed by atoms with Crippen LogP contribution < -0.4 is 10.6 Å². The Kier molecular flexibility index (Phi) is 4.18. The second kappa shape index (κ2) is 6.16. The Morgan fingerprint density at radius 1 is 1.17 bits per heavy atom. The predicted octanol–water partition coefficient (Wildman–Crippen LogP) is 4.21. The lowest BCUT2D eigenvalue weighted by Crippen LogP contribution is -2.44. The highest BCUT2D eigenvalue weighted by Gasteiger charge is 2.27. The van der Waals surface area contributed by atoms with Gasteiger partial charge < -0.3 is 10.6 Å². The van der Waals surface area contributed by atoms with Crippen LogP contribution in [-0.4, -0.2) is 11.4 Å². The first-order valence-electron chi connectivity index (χ1n) is 8.30. The van der Waals surface area contributed by atoms with E-state index in [2.05, 4.69) is 42.7 Å². The number of amides is 1. The molecule has 2 aromatic carbocycles. The zero-order valence-electron chi connectivity index (χ0n) is 14.7. The third-order valence-corrected chi connectivity index (χ3v) is 4.33. The third-order valence-electron chi connectivity index (χ3n) is 4.33. The monoisotopic (exact) mass is 320 g/mol. The Balaban J connectivity index is 1.88. The first kappa shape index (κ1) is 16.3. The molecule has 0 radical (unpaired) electrons. The molecule has 1 heterocycles. The van der Waals surface area contributed by atoms with Gasteiger partial charge in [0, 0.05) is 28.6 Å². The molecule has 0 saturated heterocycles. The molecule has 1 aliphatic rings. The SMILES string of the molecule is Cc1ccc(NC(=O)/C=C2\NC(C)(C)Cc3ccccc32)c(C)c1. The maximum atomic E-state index is 12.5. The standard InChI is InChI=1S/C21H24N2O/c1-14-9-10-18(15(2)11-14)22-20(24)12-19-17-8-6-5-7-16(17)13-21(3,4)23-19/h5-12,23H,13H2,1-4H3,(H,22,24)/b19-12-. The largest absolute Gasteiger partial charge is 0.379 e. The highest BCUT2D eigenvalue weighted by molar-refractivity contribution is 6.04. The van der Waals surface area contributed by atoms with Crippen LogP contribution in [0, 0.1) is 13.8 Å². The van der Waals surface area contributed by atoms with Crippen molar-refractivity contribution in [2.75, 3.05) is 5.32 Å². The molecule has 124 valence electrons. The molecular weight excluding hydrogens is 296 g/mol. The van der Waals surface area contributed by atoms with Crippen LogP contribution in [0.5, 0.6) is 0 Å². The Morgan fingerprint density at radius 3 is 2.67 bits per heavy atom. The van der Waals surface area contributed by atoms with Crippen molar-refractivity contribution in [3.63, 3.8) is 0 Å². The van der Waals surface area contributed by atoms with E-state index in [-0.39, 0.29) is 11.4 Å². The van der Waals surface area contributed by atoms with Crippen molar-refractivity contribution in [3.05, 3.63) is 70.8 Å². The number of carbonyl (C=O) groups is 1. The van der Waals surface area contributed by atoms with Crippen molar-refractivity contribution in [2.24, 2.45) is 0 Å². The zero-order chi connectivity index (χ0) is 17.3. The van der Waals surface area contributed by atoms with Gasteiger partial charge in [-0.2, -0.15) is 0 Å². The van der Waals surface area contributed by atoms with Crippen LogP contribution in [0.1, 0.15) is 36.1 Å². The minimum atomic E-state index is -0.114. The summed E-state index contributed by atoms with van der Waals surface area (Å²) in [7, 11) is 0. The normalized spacial score (nSPS) is 17.1. The predicted molar refractivity (Wildman–Crippen MR) is 99.9 cm³/mol. The van der Waals surface area contributed by atoms with Gasteiger partial charge in [0.2, 0.25) is 5.91 Å². The fourth-order valence-corrected chi connectivity index (χ4v) is 3.26. The van der Waals surface area contributed by atoms with Crippen molar-refractivity contribution < 1.29 is 4.79 Å². The van der Waals surface area contributed by atoms with Gasteiger partial charge in [0.15, 0.2) is 0 Å². The second-order valence-electron chi connectivity index (χ2n) is 7.21. The number of carbonyl (C=O) groups excluding carboxylic acids is 1. The fraction of sp³-hybridized carbons (Fsp3) is 0.286. The van der Waals surface area contributed by atoms with Crippen LogP contribution in [0.25, 0.3) is 5.70 Å². The number of fused-ring (bicyclic) bond motifs is 1. The van der Waals surface area contributed by atoms with E-state index in [4.69, 9.17) is 0 Å². The van der Waals surface area contributed by atoms with Crippen LogP contribution in [-0.2, 0) is 11.2 Å². The van der Waals surface area contributed by atoms with Crippen molar-refractivity contribution in [2.45, 2.75) is 39.7 Å². The average Bonchev–Trinajstić information content (AvgIpc) is 2.49. The van der Waals surface area contributed by atoms with Crippen LogP contribution in [0.4, 0.5) is 5.69 Å². The zero-order valence-corrected chi connectivity index (χ0v) is 14.7. The molecule has 2 aromatic rings. The second-order valence-corrected chi connectivity index (χ2v) is 7.21. The molecule has 3 heteroatoms. The smallest absolute Gasteiger partial charge is 0.250 e. The van der Waals surface area contributed by atoms with E-state index >= 15 is 0 Å². The van der Waals surface area contributed by atoms with Gasteiger partial charge in [-0.15, -0.1) is 0 Å². The maximum Gasteiger partial charge on any atom is 0.250 e. The molecule has 24 heavy (non-hydrogen) atoms. The molecular formula is C21H24N2O. The molecule has 1 aliphatic heterocycles. The Bertz CT molecular complexity index is 818. The molecule has 0 saturated carbocycles. The van der Waals surface area contributed by atoms with Gasteiger partial charge in [-0.1, -0.05) is 42.0 Å². The van der Waals surface area contributed by atoms with E-state index < -0.39 is 0 Å². The van der Waals surface area contributed by atoms with E-state index in [1.54, 1.807) is 6.08 Å². The molecule has 0 spiro atoms. The van der Waals surface area contributed by atoms with E-state index in [0.29, 0.717) is 0 Å². The van der Waals surface area contributed by atoms with Gasteiger partial charge in [0.1, 0.15) is 0 Å². The summed E-state index contributed by atoms with van der Waals surface area (Å²) < 4.78 is 0. The summed E-state index contributed by atoms with van der Waals surface area (Å²) in [4.78, 5) is 12.5. The number of anilines is 1. The molecule has 3 rings (SSSR count). The quantitative estimate of drug-likeness (QED) is 0.814. The van der Waals surface area contributed by atoms with Gasteiger partial charge in [-0.3, -0.25) is 4.79 Å². The number of hydrogen-bond acceptors (Lipinski definition) is 2. The molecule has 1 amide bonds. The van der Waals surface area contributed by atoms with Crippen LogP contribution in [0.15, 0.2) is 48.5 Å². The summed E-state index contributed by atoms with van der Waals surface area (Å²) in [5.41, 5.74) is 6.29. The van der Waals surface area contributed by atoms with Gasteiger partial charge in [-0.05, 0) is 51.3 Å². The van der Waals surface area contributed by atoms with E-state index in [1.807, 2.05) is 38.1 Å². The van der Waals surface area contributed by atoms with E-state index in [1.165, 1.54) is 11.1 Å². The number of nitrogens with one attached hydrogen (secondary N) is 2. The summed E-state index contributed by atoms with van der Waals surface area (Å²) in [5.74, 6) is -0.114.